The molecule has 1 amide bonds. The smallest absolute Gasteiger partial charge is 0.410 e. The number of amides is 1. The molecule has 106 valence electrons. The number of fused-ring (bicyclic) bond motifs is 2. The van der Waals surface area contributed by atoms with Gasteiger partial charge in [0.15, 0.2) is 0 Å². The van der Waals surface area contributed by atoms with E-state index in [1.807, 2.05) is 30.3 Å². The molecule has 0 radical (unpaired) electrons. The predicted molar refractivity (Wildman–Crippen MR) is 73.1 cm³/mol. The van der Waals surface area contributed by atoms with Gasteiger partial charge in [-0.1, -0.05) is 30.3 Å². The Bertz CT molecular complexity index is 491. The van der Waals surface area contributed by atoms with E-state index >= 15 is 0 Å². The minimum Gasteiger partial charge on any atom is -0.445 e. The monoisotopic (exact) mass is 274 g/mol. The van der Waals surface area contributed by atoms with E-state index in [1.54, 1.807) is 4.90 Å². The first-order chi connectivity index (χ1) is 9.79. The molecular formula is C15H18N2O3. The molecule has 5 nitrogen and oxygen atoms in total. The van der Waals surface area contributed by atoms with Crippen LogP contribution in [0.3, 0.4) is 0 Å². The van der Waals surface area contributed by atoms with Gasteiger partial charge in [0.25, 0.3) is 0 Å². The number of piperazine rings is 1. The third-order valence-corrected chi connectivity index (χ3v) is 4.11. The molecule has 0 saturated carbocycles. The zero-order valence-electron chi connectivity index (χ0n) is 11.2. The molecule has 0 aliphatic carbocycles. The van der Waals surface area contributed by atoms with Crippen LogP contribution >= 0.6 is 0 Å². The molecule has 3 unspecified atom stereocenters. The largest absolute Gasteiger partial charge is 0.445 e. The van der Waals surface area contributed by atoms with Crippen molar-refractivity contribution in [1.29, 1.82) is 0 Å². The van der Waals surface area contributed by atoms with E-state index in [4.69, 9.17) is 4.74 Å². The number of hydrogen-bond acceptors (Lipinski definition) is 4. The quantitative estimate of drug-likeness (QED) is 0.845. The fourth-order valence-corrected chi connectivity index (χ4v) is 3.09. The molecule has 2 bridgehead atoms. The van der Waals surface area contributed by atoms with E-state index in [1.165, 1.54) is 0 Å². The van der Waals surface area contributed by atoms with Crippen molar-refractivity contribution in [3.63, 3.8) is 0 Å². The number of aldehydes is 1. The average molecular weight is 274 g/mol. The number of hydrogen-bond donors (Lipinski definition) is 1. The zero-order valence-corrected chi connectivity index (χ0v) is 11.2. The van der Waals surface area contributed by atoms with Crippen molar-refractivity contribution in [3.8, 4) is 0 Å². The van der Waals surface area contributed by atoms with Crippen molar-refractivity contribution in [3.05, 3.63) is 35.9 Å². The highest BCUT2D eigenvalue weighted by Crippen LogP contribution is 2.30. The Morgan fingerprint density at radius 2 is 2.15 bits per heavy atom. The lowest BCUT2D eigenvalue weighted by atomic mass is 10.1. The summed E-state index contributed by atoms with van der Waals surface area (Å²) in [7, 11) is 0. The predicted octanol–water partition coefficient (Wildman–Crippen LogP) is 1.33. The highest BCUT2D eigenvalue weighted by Gasteiger charge is 2.45. The van der Waals surface area contributed by atoms with E-state index in [-0.39, 0.29) is 30.8 Å². The third-order valence-electron chi connectivity index (χ3n) is 4.11. The number of nitrogens with one attached hydrogen (secondary N) is 1. The Hall–Kier alpha value is -1.88. The summed E-state index contributed by atoms with van der Waals surface area (Å²) in [5.74, 6) is 0. The number of rotatable bonds is 3. The van der Waals surface area contributed by atoms with Gasteiger partial charge < -0.3 is 14.8 Å². The molecule has 1 aromatic carbocycles. The zero-order chi connectivity index (χ0) is 13.9. The molecule has 20 heavy (non-hydrogen) atoms. The molecule has 3 rings (SSSR count). The maximum Gasteiger partial charge on any atom is 0.410 e. The van der Waals surface area contributed by atoms with Crippen LogP contribution in [0.4, 0.5) is 4.79 Å². The van der Waals surface area contributed by atoms with Crippen LogP contribution in [0.2, 0.25) is 0 Å². The summed E-state index contributed by atoms with van der Waals surface area (Å²) in [5, 5.41) is 3.17. The Morgan fingerprint density at radius 1 is 1.35 bits per heavy atom. The number of benzene rings is 1. The Labute approximate surface area is 117 Å². The Kier molecular flexibility index (Phi) is 3.69. The topological polar surface area (TPSA) is 58.6 Å². The summed E-state index contributed by atoms with van der Waals surface area (Å²) >= 11 is 0. The van der Waals surface area contributed by atoms with Crippen molar-refractivity contribution < 1.29 is 14.3 Å². The number of carbonyl (C=O) groups is 2. The molecule has 3 atom stereocenters. The van der Waals surface area contributed by atoms with E-state index in [0.717, 1.165) is 24.7 Å². The number of ether oxygens (including phenoxy) is 1. The van der Waals surface area contributed by atoms with Gasteiger partial charge in [0.05, 0.1) is 12.1 Å². The third kappa shape index (κ3) is 2.41. The molecule has 2 saturated heterocycles. The SMILES string of the molecule is O=CC1NCC2CCC1N2C(=O)OCc1ccccc1. The second-order valence-electron chi connectivity index (χ2n) is 5.32. The van der Waals surface area contributed by atoms with Gasteiger partial charge >= 0.3 is 6.09 Å². The molecule has 2 aliphatic rings. The van der Waals surface area contributed by atoms with Crippen molar-refractivity contribution in [2.45, 2.75) is 37.6 Å². The van der Waals surface area contributed by atoms with Gasteiger partial charge in [0.2, 0.25) is 0 Å². The summed E-state index contributed by atoms with van der Waals surface area (Å²) in [4.78, 5) is 25.1. The van der Waals surface area contributed by atoms with E-state index in [9.17, 15) is 9.59 Å². The first-order valence-electron chi connectivity index (χ1n) is 6.97. The summed E-state index contributed by atoms with van der Waals surface area (Å²) in [6.45, 7) is 0.940. The average Bonchev–Trinajstić information content (AvgIpc) is 2.80. The summed E-state index contributed by atoms with van der Waals surface area (Å²) < 4.78 is 5.38. The molecule has 1 aromatic rings. The van der Waals surface area contributed by atoms with Crippen LogP contribution in [0, 0.1) is 0 Å². The van der Waals surface area contributed by atoms with Gasteiger partial charge in [-0.25, -0.2) is 4.79 Å². The van der Waals surface area contributed by atoms with Crippen molar-refractivity contribution in [2.75, 3.05) is 6.54 Å². The van der Waals surface area contributed by atoms with Crippen LogP contribution in [0.1, 0.15) is 18.4 Å². The minimum absolute atomic E-state index is 0.0606. The fourth-order valence-electron chi connectivity index (χ4n) is 3.09. The normalized spacial score (nSPS) is 28.2. The van der Waals surface area contributed by atoms with Crippen LogP contribution in [-0.2, 0) is 16.1 Å². The molecule has 2 fully saturated rings. The first kappa shape index (κ1) is 13.1. The molecule has 2 heterocycles. The number of carbonyl (C=O) groups excluding carboxylic acids is 2. The van der Waals surface area contributed by atoms with E-state index in [0.29, 0.717) is 6.54 Å². The van der Waals surface area contributed by atoms with Crippen LogP contribution in [-0.4, -0.2) is 41.9 Å². The highest BCUT2D eigenvalue weighted by molar-refractivity contribution is 5.71. The Balaban J connectivity index is 1.63. The minimum atomic E-state index is -0.310. The second kappa shape index (κ2) is 5.63. The fraction of sp³-hybridized carbons (Fsp3) is 0.467. The first-order valence-corrected chi connectivity index (χ1v) is 6.97. The van der Waals surface area contributed by atoms with Crippen molar-refractivity contribution >= 4 is 12.4 Å². The van der Waals surface area contributed by atoms with Crippen LogP contribution in [0.15, 0.2) is 30.3 Å². The Morgan fingerprint density at radius 3 is 2.90 bits per heavy atom. The lowest BCUT2D eigenvalue weighted by molar-refractivity contribution is -0.111. The second-order valence-corrected chi connectivity index (χ2v) is 5.32. The molecule has 0 spiro atoms. The van der Waals surface area contributed by atoms with E-state index < -0.39 is 0 Å². The van der Waals surface area contributed by atoms with Gasteiger partial charge in [-0.2, -0.15) is 0 Å². The van der Waals surface area contributed by atoms with Crippen LogP contribution in [0.25, 0.3) is 0 Å². The summed E-state index contributed by atoms with van der Waals surface area (Å²) in [6.07, 6.45) is 2.38. The highest BCUT2D eigenvalue weighted by atomic mass is 16.6. The van der Waals surface area contributed by atoms with Crippen molar-refractivity contribution in [1.82, 2.24) is 10.2 Å². The molecular weight excluding hydrogens is 256 g/mol. The molecule has 2 aliphatic heterocycles. The van der Waals surface area contributed by atoms with Gasteiger partial charge in [0.1, 0.15) is 12.9 Å². The molecule has 5 heteroatoms. The van der Waals surface area contributed by atoms with Crippen LogP contribution in [0.5, 0.6) is 0 Å². The van der Waals surface area contributed by atoms with Crippen molar-refractivity contribution in [2.24, 2.45) is 0 Å². The maximum absolute atomic E-state index is 12.3. The van der Waals surface area contributed by atoms with Gasteiger partial charge in [-0.05, 0) is 18.4 Å². The lowest BCUT2D eigenvalue weighted by Crippen LogP contribution is -2.60. The van der Waals surface area contributed by atoms with Gasteiger partial charge in [-0.15, -0.1) is 0 Å². The maximum atomic E-state index is 12.3. The van der Waals surface area contributed by atoms with Gasteiger partial charge in [0, 0.05) is 12.6 Å². The van der Waals surface area contributed by atoms with Crippen LogP contribution < -0.4 is 5.32 Å². The summed E-state index contributed by atoms with van der Waals surface area (Å²) in [6, 6.07) is 9.44. The summed E-state index contributed by atoms with van der Waals surface area (Å²) in [5.41, 5.74) is 0.968. The lowest BCUT2D eigenvalue weighted by Gasteiger charge is -2.37. The number of nitrogens with zero attached hydrogens (tertiary/aromatic N) is 1. The molecule has 0 aromatic heterocycles. The van der Waals surface area contributed by atoms with Gasteiger partial charge in [-0.3, -0.25) is 4.90 Å². The van der Waals surface area contributed by atoms with E-state index in [2.05, 4.69) is 5.32 Å². The standard InChI is InChI=1S/C15H18N2O3/c18-9-13-14-7-6-12(8-16-13)17(14)15(19)20-10-11-4-2-1-3-5-11/h1-5,9,12-14,16H,6-8,10H2. The molecule has 1 N–H and O–H groups in total.